The summed E-state index contributed by atoms with van der Waals surface area (Å²) < 4.78 is 5.64. The molecule has 0 bridgehead atoms. The number of unbranched alkanes of at least 4 members (excludes halogenated alkanes) is 4. The molecule has 1 heterocycles. The van der Waals surface area contributed by atoms with Crippen molar-refractivity contribution >= 4 is 5.97 Å². The van der Waals surface area contributed by atoms with E-state index in [1.807, 2.05) is 30.3 Å². The zero-order valence-electron chi connectivity index (χ0n) is 17.6. The zero-order valence-corrected chi connectivity index (χ0v) is 17.6. The summed E-state index contributed by atoms with van der Waals surface area (Å²) in [6, 6.07) is 9.50. The molecule has 152 valence electrons. The molecule has 0 aliphatic heterocycles. The van der Waals surface area contributed by atoms with Gasteiger partial charge < -0.3 is 4.74 Å². The molecule has 4 nitrogen and oxygen atoms in total. The van der Waals surface area contributed by atoms with Crippen LogP contribution in [0.25, 0.3) is 11.4 Å². The Bertz CT molecular complexity index is 730. The molecule has 1 atom stereocenters. The molecule has 2 aromatic rings. The van der Waals surface area contributed by atoms with Gasteiger partial charge in [-0.15, -0.1) is 0 Å². The Morgan fingerprint density at radius 2 is 1.86 bits per heavy atom. The van der Waals surface area contributed by atoms with Crippen LogP contribution in [0.5, 0.6) is 5.75 Å². The third-order valence-electron chi connectivity index (χ3n) is 5.14. The Hall–Kier alpha value is -2.23. The van der Waals surface area contributed by atoms with E-state index in [-0.39, 0.29) is 5.97 Å². The van der Waals surface area contributed by atoms with Crippen LogP contribution in [0.3, 0.4) is 0 Å². The lowest BCUT2D eigenvalue weighted by Gasteiger charge is -2.11. The van der Waals surface area contributed by atoms with Crippen LogP contribution in [0.1, 0.15) is 77.8 Å². The molecule has 4 heteroatoms. The van der Waals surface area contributed by atoms with Crippen molar-refractivity contribution in [1.29, 1.82) is 0 Å². The molecule has 0 spiro atoms. The minimum Gasteiger partial charge on any atom is -0.426 e. The Labute approximate surface area is 169 Å². The molecule has 0 saturated heterocycles. The van der Waals surface area contributed by atoms with Crippen LogP contribution in [0.2, 0.25) is 0 Å². The summed E-state index contributed by atoms with van der Waals surface area (Å²) >= 11 is 0. The van der Waals surface area contributed by atoms with Crippen LogP contribution in [0, 0.1) is 5.92 Å². The quantitative estimate of drug-likeness (QED) is 0.242. The average Bonchev–Trinajstić information content (AvgIpc) is 2.72. The van der Waals surface area contributed by atoms with Crippen molar-refractivity contribution in [2.75, 3.05) is 0 Å². The van der Waals surface area contributed by atoms with Crippen molar-refractivity contribution < 1.29 is 9.53 Å². The van der Waals surface area contributed by atoms with Gasteiger partial charge in [-0.2, -0.15) is 0 Å². The highest BCUT2D eigenvalue weighted by Crippen LogP contribution is 2.28. The second-order valence-corrected chi connectivity index (χ2v) is 7.56. The molecule has 0 N–H and O–H groups in total. The number of para-hydroxylation sites is 1. The average molecular weight is 383 g/mol. The number of carbonyl (C=O) groups excluding carboxylic acids is 1. The number of nitrogens with zero attached hydrogens (tertiary/aromatic N) is 2. The van der Waals surface area contributed by atoms with Crippen molar-refractivity contribution in [2.24, 2.45) is 5.92 Å². The second kappa shape index (κ2) is 12.3. The van der Waals surface area contributed by atoms with E-state index >= 15 is 0 Å². The molecule has 0 aliphatic carbocycles. The number of hydrogen-bond donors (Lipinski definition) is 0. The second-order valence-electron chi connectivity index (χ2n) is 7.56. The van der Waals surface area contributed by atoms with Crippen LogP contribution in [-0.2, 0) is 11.2 Å². The zero-order chi connectivity index (χ0) is 20.2. The Balaban J connectivity index is 2.03. The van der Waals surface area contributed by atoms with Crippen LogP contribution < -0.4 is 4.74 Å². The van der Waals surface area contributed by atoms with Crippen molar-refractivity contribution in [1.82, 2.24) is 9.97 Å². The van der Waals surface area contributed by atoms with E-state index < -0.39 is 0 Å². The van der Waals surface area contributed by atoms with Gasteiger partial charge in [-0.25, -0.2) is 9.97 Å². The maximum atomic E-state index is 12.2. The smallest absolute Gasteiger partial charge is 0.311 e. The lowest BCUT2D eigenvalue weighted by atomic mass is 10.0. The van der Waals surface area contributed by atoms with Gasteiger partial charge in [-0.3, -0.25) is 4.79 Å². The number of aromatic nitrogens is 2. The van der Waals surface area contributed by atoms with Crippen LogP contribution in [0.4, 0.5) is 0 Å². The van der Waals surface area contributed by atoms with Gasteiger partial charge in [0.1, 0.15) is 5.75 Å². The number of hydrogen-bond acceptors (Lipinski definition) is 4. The molecule has 2 rings (SSSR count). The summed E-state index contributed by atoms with van der Waals surface area (Å²) in [5.74, 6) is 1.49. The van der Waals surface area contributed by atoms with Gasteiger partial charge in [0.25, 0.3) is 0 Å². The van der Waals surface area contributed by atoms with Gasteiger partial charge >= 0.3 is 5.97 Å². The first-order valence-corrected chi connectivity index (χ1v) is 10.8. The first-order chi connectivity index (χ1) is 13.6. The molecule has 1 aromatic carbocycles. The molecular weight excluding hydrogens is 348 g/mol. The molecule has 0 saturated carbocycles. The topological polar surface area (TPSA) is 52.1 Å². The maximum absolute atomic E-state index is 12.2. The highest BCUT2D eigenvalue weighted by Gasteiger charge is 2.14. The summed E-state index contributed by atoms with van der Waals surface area (Å²) in [5.41, 5.74) is 1.81. The van der Waals surface area contributed by atoms with E-state index in [1.54, 1.807) is 6.20 Å². The van der Waals surface area contributed by atoms with Crippen LogP contribution >= 0.6 is 0 Å². The van der Waals surface area contributed by atoms with Gasteiger partial charge in [0.2, 0.25) is 0 Å². The number of esters is 1. The molecule has 1 unspecified atom stereocenters. The summed E-state index contributed by atoms with van der Waals surface area (Å²) in [7, 11) is 0. The number of aryl methyl sites for hydroxylation is 1. The predicted octanol–water partition coefficient (Wildman–Crippen LogP) is 6.39. The largest absolute Gasteiger partial charge is 0.426 e. The fourth-order valence-corrected chi connectivity index (χ4v) is 3.06. The molecule has 1 aromatic heterocycles. The minimum atomic E-state index is -0.195. The molecule has 0 amide bonds. The fraction of sp³-hybridized carbons (Fsp3) is 0.542. The van der Waals surface area contributed by atoms with E-state index in [0.717, 1.165) is 36.9 Å². The van der Waals surface area contributed by atoms with Gasteiger partial charge in [0.05, 0.1) is 5.56 Å². The van der Waals surface area contributed by atoms with Crippen LogP contribution in [0.15, 0.2) is 36.5 Å². The van der Waals surface area contributed by atoms with Crippen molar-refractivity contribution in [3.63, 3.8) is 0 Å². The molecule has 0 radical (unpaired) electrons. The molecule has 28 heavy (non-hydrogen) atoms. The third-order valence-corrected chi connectivity index (χ3v) is 5.14. The summed E-state index contributed by atoms with van der Waals surface area (Å²) in [6.07, 6.45) is 11.3. The minimum absolute atomic E-state index is 0.195. The highest BCUT2D eigenvalue weighted by molar-refractivity contribution is 5.76. The van der Waals surface area contributed by atoms with E-state index in [0.29, 0.717) is 23.9 Å². The molecule has 0 fully saturated rings. The van der Waals surface area contributed by atoms with Gasteiger partial charge in [0.15, 0.2) is 5.82 Å². The first-order valence-electron chi connectivity index (χ1n) is 10.8. The lowest BCUT2D eigenvalue weighted by Crippen LogP contribution is -2.10. The Morgan fingerprint density at radius 1 is 1.07 bits per heavy atom. The fourth-order valence-electron chi connectivity index (χ4n) is 3.06. The van der Waals surface area contributed by atoms with Crippen molar-refractivity contribution in [3.8, 4) is 17.1 Å². The lowest BCUT2D eigenvalue weighted by molar-refractivity contribution is -0.134. The summed E-state index contributed by atoms with van der Waals surface area (Å²) in [4.78, 5) is 21.4. The van der Waals surface area contributed by atoms with Gasteiger partial charge in [0, 0.05) is 18.3 Å². The van der Waals surface area contributed by atoms with Gasteiger partial charge in [-0.1, -0.05) is 65.0 Å². The Kier molecular flexibility index (Phi) is 9.67. The van der Waals surface area contributed by atoms with Crippen LogP contribution in [-0.4, -0.2) is 15.9 Å². The van der Waals surface area contributed by atoms with Crippen molar-refractivity contribution in [2.45, 2.75) is 78.6 Å². The first kappa shape index (κ1) is 22.1. The monoisotopic (exact) mass is 382 g/mol. The normalized spacial score (nSPS) is 12.0. The number of ether oxygens (including phenoxy) is 1. The number of rotatable bonds is 12. The standard InChI is InChI=1S/C24H34N2O2/c1-4-6-7-8-9-12-20-17-18-25-24(26-20)21-13-10-11-14-22(21)28-23(27)16-15-19(3)5-2/h10-11,13-14,17-19H,4-9,12,15-16H2,1-3H3. The SMILES string of the molecule is CCCCCCCc1ccnc(-c2ccccc2OC(=O)CCC(C)CC)n1. The number of benzene rings is 1. The van der Waals surface area contributed by atoms with E-state index in [9.17, 15) is 4.79 Å². The van der Waals surface area contributed by atoms with E-state index in [1.165, 1.54) is 25.7 Å². The Morgan fingerprint density at radius 3 is 2.64 bits per heavy atom. The van der Waals surface area contributed by atoms with E-state index in [2.05, 4.69) is 25.8 Å². The van der Waals surface area contributed by atoms with Gasteiger partial charge in [-0.05, 0) is 43.4 Å². The predicted molar refractivity (Wildman–Crippen MR) is 114 cm³/mol. The maximum Gasteiger partial charge on any atom is 0.311 e. The third kappa shape index (κ3) is 7.41. The van der Waals surface area contributed by atoms with Crippen molar-refractivity contribution in [3.05, 3.63) is 42.2 Å². The highest BCUT2D eigenvalue weighted by atomic mass is 16.5. The van der Waals surface area contributed by atoms with E-state index in [4.69, 9.17) is 9.72 Å². The number of carbonyl (C=O) groups is 1. The molecule has 0 aliphatic rings. The summed E-state index contributed by atoms with van der Waals surface area (Å²) in [5, 5.41) is 0. The summed E-state index contributed by atoms with van der Waals surface area (Å²) in [6.45, 7) is 6.52. The molecular formula is C24H34N2O2.